The third-order valence-electron chi connectivity index (χ3n) is 2.74. The van der Waals surface area contributed by atoms with Crippen LogP contribution in [0.4, 0.5) is 0 Å². The first kappa shape index (κ1) is 24.2. The van der Waals surface area contributed by atoms with E-state index in [-0.39, 0.29) is 23.0 Å². The molecule has 2 rings (SSSR count). The molecule has 0 bridgehead atoms. The van der Waals surface area contributed by atoms with Gasteiger partial charge in [-0.15, -0.1) is 0 Å². The van der Waals surface area contributed by atoms with Gasteiger partial charge in [0.1, 0.15) is 0 Å². The minimum atomic E-state index is -4.02. The molecular weight excluding hydrogens is 384 g/mol. The quantitative estimate of drug-likeness (QED) is 0.560. The molecule has 8 nitrogen and oxygen atoms in total. The number of aliphatic hydroxyl groups excluding tert-OH is 2. The van der Waals surface area contributed by atoms with Crippen LogP contribution in [-0.4, -0.2) is 49.4 Å². The maximum Gasteiger partial charge on any atom is 0.294 e. The summed E-state index contributed by atoms with van der Waals surface area (Å²) in [6.45, 7) is 3.43. The van der Waals surface area contributed by atoms with Crippen LogP contribution in [0.25, 0.3) is 0 Å². The lowest BCUT2D eigenvalue weighted by Crippen LogP contribution is -1.96. The molecule has 2 aromatic rings. The summed E-state index contributed by atoms with van der Waals surface area (Å²) in [7, 11) is -8.04. The number of rotatable bonds is 3. The molecule has 0 spiro atoms. The van der Waals surface area contributed by atoms with Crippen LogP contribution in [0, 0.1) is 13.8 Å². The van der Waals surface area contributed by atoms with Gasteiger partial charge in [-0.25, -0.2) is 0 Å². The summed E-state index contributed by atoms with van der Waals surface area (Å²) in [5, 5.41) is 15.2. The minimum Gasteiger partial charge on any atom is -0.394 e. The van der Waals surface area contributed by atoms with Crippen molar-refractivity contribution < 1.29 is 36.2 Å². The van der Waals surface area contributed by atoms with Crippen LogP contribution in [0.1, 0.15) is 11.1 Å². The van der Waals surface area contributed by atoms with E-state index in [1.807, 2.05) is 13.8 Å². The zero-order chi connectivity index (χ0) is 20.4. The van der Waals surface area contributed by atoms with Crippen molar-refractivity contribution in [2.75, 3.05) is 13.2 Å². The Bertz CT molecular complexity index is 780. The fourth-order valence-electron chi connectivity index (χ4n) is 1.42. The Kier molecular flexibility index (Phi) is 10.2. The van der Waals surface area contributed by atoms with Gasteiger partial charge in [0.2, 0.25) is 0 Å². The van der Waals surface area contributed by atoms with Crippen LogP contribution in [0.2, 0.25) is 0 Å². The highest BCUT2D eigenvalue weighted by atomic mass is 32.2. The molecule has 0 aliphatic rings. The molecule has 10 heteroatoms. The van der Waals surface area contributed by atoms with Crippen molar-refractivity contribution in [3.05, 3.63) is 59.7 Å². The molecule has 146 valence electrons. The van der Waals surface area contributed by atoms with Crippen molar-refractivity contribution in [2.24, 2.45) is 0 Å². The van der Waals surface area contributed by atoms with Crippen molar-refractivity contribution in [1.29, 1.82) is 0 Å². The maximum atomic E-state index is 10.5. The highest BCUT2D eigenvalue weighted by Crippen LogP contribution is 2.09. The van der Waals surface area contributed by atoms with Gasteiger partial charge in [-0.1, -0.05) is 35.4 Å². The van der Waals surface area contributed by atoms with E-state index in [9.17, 15) is 16.8 Å². The molecule has 0 saturated heterocycles. The fraction of sp³-hybridized carbons (Fsp3) is 0.250. The van der Waals surface area contributed by atoms with Gasteiger partial charge in [-0.3, -0.25) is 9.11 Å². The van der Waals surface area contributed by atoms with Crippen molar-refractivity contribution in [1.82, 2.24) is 0 Å². The third kappa shape index (κ3) is 10.2. The summed E-state index contributed by atoms with van der Waals surface area (Å²) >= 11 is 0. The zero-order valence-corrected chi connectivity index (χ0v) is 15.9. The number of aliphatic hydroxyl groups is 2. The smallest absolute Gasteiger partial charge is 0.294 e. The van der Waals surface area contributed by atoms with Crippen LogP contribution in [0.3, 0.4) is 0 Å². The van der Waals surface area contributed by atoms with Gasteiger partial charge >= 0.3 is 0 Å². The van der Waals surface area contributed by atoms with Crippen molar-refractivity contribution in [2.45, 2.75) is 23.6 Å². The van der Waals surface area contributed by atoms with Crippen LogP contribution in [-0.2, 0) is 20.2 Å². The second kappa shape index (κ2) is 11.0. The van der Waals surface area contributed by atoms with Crippen LogP contribution in [0.5, 0.6) is 0 Å². The fourth-order valence-corrected chi connectivity index (χ4v) is 2.38. The predicted octanol–water partition coefficient (Wildman–Crippen LogP) is 1.45. The lowest BCUT2D eigenvalue weighted by molar-refractivity contribution is 0.186. The first-order valence-corrected chi connectivity index (χ1v) is 10.1. The third-order valence-corrected chi connectivity index (χ3v) is 4.47. The average Bonchev–Trinajstić information content (AvgIpc) is 2.55. The maximum absolute atomic E-state index is 10.5. The van der Waals surface area contributed by atoms with Gasteiger partial charge in [-0.05, 0) is 38.1 Å². The van der Waals surface area contributed by atoms with Crippen LogP contribution < -0.4 is 0 Å². The Morgan fingerprint density at radius 3 is 1.00 bits per heavy atom. The summed E-state index contributed by atoms with van der Waals surface area (Å²) in [6, 6.07) is 12.0. The minimum absolute atomic E-state index is 0.0666. The summed E-state index contributed by atoms with van der Waals surface area (Å²) in [5.74, 6) is 0. The largest absolute Gasteiger partial charge is 0.394 e. The lowest BCUT2D eigenvalue weighted by Gasteiger charge is -1.95. The Morgan fingerprint density at radius 2 is 0.846 bits per heavy atom. The standard InChI is InChI=1S/2C7H8O3S.C2H6O2/c2*1-6-2-4-7(5-3-6)11(8,9)10;3-1-2-4/h2*2-5H,1H3,(H,8,9,10);3-4H,1-2H2. The molecule has 0 aliphatic heterocycles. The molecule has 0 atom stereocenters. The molecule has 0 aliphatic carbocycles. The van der Waals surface area contributed by atoms with Gasteiger partial charge in [0, 0.05) is 0 Å². The Balaban J connectivity index is 0.000000401. The topological polar surface area (TPSA) is 149 Å². The summed E-state index contributed by atoms with van der Waals surface area (Å²) < 4.78 is 59.1. The first-order chi connectivity index (χ1) is 11.9. The molecule has 0 amide bonds. The number of hydrogen-bond acceptors (Lipinski definition) is 6. The van der Waals surface area contributed by atoms with E-state index in [2.05, 4.69) is 0 Å². The molecule has 0 radical (unpaired) electrons. The zero-order valence-electron chi connectivity index (χ0n) is 14.3. The molecule has 0 unspecified atom stereocenters. The molecule has 0 aromatic heterocycles. The predicted molar refractivity (Wildman–Crippen MR) is 96.2 cm³/mol. The molecule has 26 heavy (non-hydrogen) atoms. The highest BCUT2D eigenvalue weighted by molar-refractivity contribution is 7.86. The first-order valence-electron chi connectivity index (χ1n) is 7.22. The second-order valence-corrected chi connectivity index (χ2v) is 7.87. The Hall–Kier alpha value is -1.82. The molecule has 0 heterocycles. The van der Waals surface area contributed by atoms with E-state index in [1.165, 1.54) is 24.3 Å². The summed E-state index contributed by atoms with van der Waals surface area (Å²) in [6.07, 6.45) is 0. The van der Waals surface area contributed by atoms with Gasteiger partial charge in [-0.2, -0.15) is 16.8 Å². The average molecular weight is 406 g/mol. The number of aryl methyl sites for hydroxylation is 2. The van der Waals surface area contributed by atoms with E-state index >= 15 is 0 Å². The van der Waals surface area contributed by atoms with E-state index in [1.54, 1.807) is 24.3 Å². The molecule has 4 N–H and O–H groups in total. The normalized spacial score (nSPS) is 10.8. The van der Waals surface area contributed by atoms with Gasteiger partial charge < -0.3 is 10.2 Å². The van der Waals surface area contributed by atoms with Crippen LogP contribution in [0.15, 0.2) is 58.3 Å². The molecule has 2 aromatic carbocycles. The highest BCUT2D eigenvalue weighted by Gasteiger charge is 2.07. The van der Waals surface area contributed by atoms with Crippen molar-refractivity contribution in [3.8, 4) is 0 Å². The van der Waals surface area contributed by atoms with Crippen LogP contribution >= 0.6 is 0 Å². The van der Waals surface area contributed by atoms with E-state index in [0.717, 1.165) is 11.1 Å². The SMILES string of the molecule is Cc1ccc(S(=O)(=O)O)cc1.Cc1ccc(S(=O)(=O)O)cc1.OCCO. The number of hydrogen-bond donors (Lipinski definition) is 4. The van der Waals surface area contributed by atoms with E-state index in [4.69, 9.17) is 19.3 Å². The lowest BCUT2D eigenvalue weighted by atomic mass is 10.2. The van der Waals surface area contributed by atoms with E-state index < -0.39 is 20.2 Å². The Morgan fingerprint density at radius 1 is 0.615 bits per heavy atom. The van der Waals surface area contributed by atoms with Gasteiger partial charge in [0.25, 0.3) is 20.2 Å². The molecule has 0 fully saturated rings. The summed E-state index contributed by atoms with van der Waals surface area (Å²) in [5.41, 5.74) is 1.91. The molecular formula is C16H22O8S2. The summed E-state index contributed by atoms with van der Waals surface area (Å²) in [4.78, 5) is -0.133. The number of benzene rings is 2. The van der Waals surface area contributed by atoms with E-state index in [0.29, 0.717) is 0 Å². The van der Waals surface area contributed by atoms with Crippen molar-refractivity contribution >= 4 is 20.2 Å². The van der Waals surface area contributed by atoms with Gasteiger partial charge in [0.15, 0.2) is 0 Å². The van der Waals surface area contributed by atoms with Crippen molar-refractivity contribution in [3.63, 3.8) is 0 Å². The monoisotopic (exact) mass is 406 g/mol. The molecule has 0 saturated carbocycles. The second-order valence-electron chi connectivity index (χ2n) is 5.02. The Labute approximate surface area is 153 Å². The van der Waals surface area contributed by atoms with Gasteiger partial charge in [0.05, 0.1) is 23.0 Å².